The Balaban J connectivity index is 0.00000128. The molecule has 1 unspecified atom stereocenters. The minimum atomic E-state index is 0. The Morgan fingerprint density at radius 3 is 3.00 bits per heavy atom. The topological polar surface area (TPSA) is 45.5 Å². The maximum atomic E-state index is 12.0. The van der Waals surface area contributed by atoms with Gasteiger partial charge >= 0.3 is 0 Å². The maximum absolute atomic E-state index is 12.0. The maximum Gasteiger partial charge on any atom is 0.257 e. The summed E-state index contributed by atoms with van der Waals surface area (Å²) >= 11 is 3.19. The predicted molar refractivity (Wildman–Crippen MR) is 67.0 cm³/mol. The lowest BCUT2D eigenvalue weighted by Crippen LogP contribution is -2.52. The van der Waals surface area contributed by atoms with E-state index in [1.54, 1.807) is 6.07 Å². The van der Waals surface area contributed by atoms with E-state index in [0.29, 0.717) is 10.2 Å². The molecule has 2 heterocycles. The van der Waals surface area contributed by atoms with Crippen LogP contribution in [0.5, 0.6) is 0 Å². The van der Waals surface area contributed by atoms with E-state index in [4.69, 9.17) is 4.42 Å². The molecule has 1 aliphatic heterocycles. The van der Waals surface area contributed by atoms with Crippen molar-refractivity contribution >= 4 is 34.2 Å². The molecule has 1 aromatic rings. The van der Waals surface area contributed by atoms with Crippen LogP contribution in [0.15, 0.2) is 21.4 Å². The van der Waals surface area contributed by atoms with Crippen molar-refractivity contribution < 1.29 is 9.21 Å². The number of hydrogen-bond acceptors (Lipinski definition) is 3. The molecule has 1 fully saturated rings. The molecule has 1 saturated heterocycles. The van der Waals surface area contributed by atoms with Crippen LogP contribution in [0.4, 0.5) is 0 Å². The fraction of sp³-hybridized carbons (Fsp3) is 0.500. The number of rotatable bonds is 1. The number of nitrogens with one attached hydrogen (secondary N) is 1. The van der Waals surface area contributed by atoms with Crippen molar-refractivity contribution in [1.82, 2.24) is 10.2 Å². The molecule has 0 aromatic carbocycles. The normalized spacial score (nSPS) is 20.4. The van der Waals surface area contributed by atoms with E-state index in [0.717, 1.165) is 19.6 Å². The van der Waals surface area contributed by atoms with Crippen LogP contribution in [-0.2, 0) is 0 Å². The molecular weight excluding hydrogens is 295 g/mol. The molecule has 90 valence electrons. The fourth-order valence-electron chi connectivity index (χ4n) is 1.73. The number of piperazine rings is 1. The monoisotopic (exact) mass is 308 g/mol. The van der Waals surface area contributed by atoms with Gasteiger partial charge in [0.1, 0.15) is 6.26 Å². The Hall–Kier alpha value is -0.520. The molecule has 16 heavy (non-hydrogen) atoms. The fourth-order valence-corrected chi connectivity index (χ4v) is 2.07. The average Bonchev–Trinajstić information content (AvgIpc) is 2.65. The van der Waals surface area contributed by atoms with Crippen LogP contribution in [-0.4, -0.2) is 36.5 Å². The van der Waals surface area contributed by atoms with Gasteiger partial charge in [0, 0.05) is 31.7 Å². The molecule has 1 N–H and O–H groups in total. The van der Waals surface area contributed by atoms with Crippen molar-refractivity contribution in [3.8, 4) is 0 Å². The van der Waals surface area contributed by atoms with Gasteiger partial charge in [0.2, 0.25) is 0 Å². The van der Waals surface area contributed by atoms with E-state index in [-0.39, 0.29) is 24.4 Å². The zero-order valence-corrected chi connectivity index (χ0v) is 11.3. The average molecular weight is 310 g/mol. The predicted octanol–water partition coefficient (Wildman–Crippen LogP) is 1.90. The lowest BCUT2D eigenvalue weighted by Gasteiger charge is -2.33. The molecule has 1 aliphatic rings. The summed E-state index contributed by atoms with van der Waals surface area (Å²) in [4.78, 5) is 13.9. The second-order valence-corrected chi connectivity index (χ2v) is 4.47. The molecule has 2 rings (SSSR count). The summed E-state index contributed by atoms with van der Waals surface area (Å²) in [5.41, 5.74) is 0.607. The zero-order chi connectivity index (χ0) is 10.8. The van der Waals surface area contributed by atoms with E-state index in [9.17, 15) is 4.79 Å². The largest absolute Gasteiger partial charge is 0.457 e. The van der Waals surface area contributed by atoms with Gasteiger partial charge in [0.15, 0.2) is 4.67 Å². The highest BCUT2D eigenvalue weighted by Gasteiger charge is 2.24. The quantitative estimate of drug-likeness (QED) is 0.862. The Kier molecular flexibility index (Phi) is 4.83. The molecule has 4 nitrogen and oxygen atoms in total. The minimum Gasteiger partial charge on any atom is -0.457 e. The summed E-state index contributed by atoms with van der Waals surface area (Å²) < 4.78 is 5.66. The Labute approximate surface area is 109 Å². The van der Waals surface area contributed by atoms with Gasteiger partial charge in [0.25, 0.3) is 5.91 Å². The summed E-state index contributed by atoms with van der Waals surface area (Å²) in [5, 5.41) is 3.25. The number of hydrogen-bond donors (Lipinski definition) is 1. The van der Waals surface area contributed by atoms with Gasteiger partial charge in [-0.2, -0.15) is 0 Å². The summed E-state index contributed by atoms with van der Waals surface area (Å²) in [5.74, 6) is 0.0402. The minimum absolute atomic E-state index is 0. The van der Waals surface area contributed by atoms with Crippen LogP contribution >= 0.6 is 28.3 Å². The number of carbonyl (C=O) groups is 1. The highest BCUT2D eigenvalue weighted by Crippen LogP contribution is 2.17. The lowest BCUT2D eigenvalue weighted by molar-refractivity contribution is 0.0655. The Bertz CT molecular complexity index is 369. The molecule has 6 heteroatoms. The van der Waals surface area contributed by atoms with Crippen molar-refractivity contribution in [3.63, 3.8) is 0 Å². The van der Waals surface area contributed by atoms with Crippen LogP contribution in [0.25, 0.3) is 0 Å². The van der Waals surface area contributed by atoms with Gasteiger partial charge < -0.3 is 14.6 Å². The van der Waals surface area contributed by atoms with Crippen molar-refractivity contribution in [2.45, 2.75) is 13.0 Å². The first kappa shape index (κ1) is 13.5. The van der Waals surface area contributed by atoms with Crippen LogP contribution in [0.3, 0.4) is 0 Å². The first-order chi connectivity index (χ1) is 7.18. The molecule has 1 amide bonds. The molecule has 0 spiro atoms. The standard InChI is InChI=1S/C10H13BrN2O2.ClH/c1-7-5-12-2-3-13(7)10(14)8-4-9(11)15-6-8;/h4,6-7,12H,2-3,5H2,1H3;1H. The SMILES string of the molecule is CC1CNCCN1C(=O)c1coc(Br)c1.Cl. The molecule has 1 aromatic heterocycles. The summed E-state index contributed by atoms with van der Waals surface area (Å²) in [7, 11) is 0. The van der Waals surface area contributed by atoms with Crippen LogP contribution in [0, 0.1) is 0 Å². The highest BCUT2D eigenvalue weighted by atomic mass is 79.9. The van der Waals surface area contributed by atoms with E-state index in [2.05, 4.69) is 21.2 Å². The Morgan fingerprint density at radius 1 is 1.69 bits per heavy atom. The van der Waals surface area contributed by atoms with Crippen molar-refractivity contribution in [2.24, 2.45) is 0 Å². The third-order valence-electron chi connectivity index (χ3n) is 2.58. The third-order valence-corrected chi connectivity index (χ3v) is 2.99. The van der Waals surface area contributed by atoms with E-state index in [1.807, 2.05) is 11.8 Å². The van der Waals surface area contributed by atoms with Gasteiger partial charge in [-0.3, -0.25) is 4.79 Å². The first-order valence-electron chi connectivity index (χ1n) is 4.94. The third kappa shape index (κ3) is 2.78. The highest BCUT2D eigenvalue weighted by molar-refractivity contribution is 9.10. The summed E-state index contributed by atoms with van der Waals surface area (Å²) in [6.07, 6.45) is 1.49. The molecule has 0 bridgehead atoms. The molecule has 1 atom stereocenters. The van der Waals surface area contributed by atoms with Crippen LogP contribution < -0.4 is 5.32 Å². The van der Waals surface area contributed by atoms with Gasteiger partial charge in [-0.25, -0.2) is 0 Å². The number of furan rings is 1. The smallest absolute Gasteiger partial charge is 0.257 e. The Morgan fingerprint density at radius 2 is 2.44 bits per heavy atom. The van der Waals surface area contributed by atoms with Crippen molar-refractivity contribution in [3.05, 3.63) is 22.6 Å². The lowest BCUT2D eigenvalue weighted by atomic mass is 10.2. The first-order valence-corrected chi connectivity index (χ1v) is 5.73. The number of carbonyl (C=O) groups excluding carboxylic acids is 1. The van der Waals surface area contributed by atoms with E-state index >= 15 is 0 Å². The summed E-state index contributed by atoms with van der Waals surface area (Å²) in [6.45, 7) is 4.50. The van der Waals surface area contributed by atoms with Gasteiger partial charge in [-0.15, -0.1) is 12.4 Å². The zero-order valence-electron chi connectivity index (χ0n) is 8.90. The van der Waals surface area contributed by atoms with Gasteiger partial charge in [-0.05, 0) is 22.9 Å². The van der Waals surface area contributed by atoms with E-state index < -0.39 is 0 Å². The van der Waals surface area contributed by atoms with E-state index in [1.165, 1.54) is 6.26 Å². The van der Waals surface area contributed by atoms with Gasteiger partial charge in [-0.1, -0.05) is 0 Å². The second-order valence-electron chi connectivity index (χ2n) is 3.69. The number of amides is 1. The van der Waals surface area contributed by atoms with Crippen LogP contribution in [0.2, 0.25) is 0 Å². The van der Waals surface area contributed by atoms with Crippen molar-refractivity contribution in [2.75, 3.05) is 19.6 Å². The molecular formula is C10H14BrClN2O2. The number of nitrogens with zero attached hydrogens (tertiary/aromatic N) is 1. The van der Waals surface area contributed by atoms with Gasteiger partial charge in [0.05, 0.1) is 5.56 Å². The van der Waals surface area contributed by atoms with Crippen LogP contribution in [0.1, 0.15) is 17.3 Å². The molecule has 0 aliphatic carbocycles. The second kappa shape index (κ2) is 5.70. The summed E-state index contributed by atoms with van der Waals surface area (Å²) in [6, 6.07) is 1.94. The molecule has 0 radical (unpaired) electrons. The number of halogens is 2. The molecule has 0 saturated carbocycles. The van der Waals surface area contributed by atoms with Crippen molar-refractivity contribution in [1.29, 1.82) is 0 Å².